The number of aromatic hydroxyl groups is 1. The summed E-state index contributed by atoms with van der Waals surface area (Å²) in [6.07, 6.45) is 0. The van der Waals surface area contributed by atoms with E-state index in [0.717, 1.165) is 12.1 Å². The van der Waals surface area contributed by atoms with Crippen LogP contribution in [0.15, 0.2) is 36.4 Å². The third kappa shape index (κ3) is 2.92. The van der Waals surface area contributed by atoms with Gasteiger partial charge in [-0.2, -0.15) is 0 Å². The second-order valence-electron chi connectivity index (χ2n) is 4.02. The smallest absolute Gasteiger partial charge is 0.339 e. The zero-order valence-corrected chi connectivity index (χ0v) is 11.4. The van der Waals surface area contributed by atoms with Gasteiger partial charge >= 0.3 is 5.97 Å². The van der Waals surface area contributed by atoms with E-state index in [1.165, 1.54) is 24.3 Å². The number of carbonyl (C=O) groups excluding carboxylic acids is 1. The van der Waals surface area contributed by atoms with Crippen molar-refractivity contribution in [3.05, 3.63) is 63.1 Å². The molecule has 0 spiro atoms. The normalized spacial score (nSPS) is 10.3. The quantitative estimate of drug-likeness (QED) is 0.849. The highest BCUT2D eigenvalue weighted by atomic mass is 35.5. The molecule has 20 heavy (non-hydrogen) atoms. The molecule has 0 aliphatic carbocycles. The molecule has 0 unspecified atom stereocenters. The molecule has 2 rings (SSSR count). The Balaban J connectivity index is 2.48. The molecule has 2 aromatic carbocycles. The average Bonchev–Trinajstić information content (AvgIpc) is 2.37. The van der Waals surface area contributed by atoms with Gasteiger partial charge in [-0.05, 0) is 36.4 Å². The summed E-state index contributed by atoms with van der Waals surface area (Å²) in [5.41, 5.74) is 0.0204. The molecule has 0 radical (unpaired) electrons. The number of carbonyl (C=O) groups is 2. The molecule has 0 saturated heterocycles. The molecule has 0 bridgehead atoms. The van der Waals surface area contributed by atoms with Crippen LogP contribution in [0.5, 0.6) is 5.75 Å². The van der Waals surface area contributed by atoms with Gasteiger partial charge in [-0.15, -0.1) is 0 Å². The van der Waals surface area contributed by atoms with E-state index in [9.17, 15) is 14.7 Å². The number of ketones is 1. The van der Waals surface area contributed by atoms with Crippen molar-refractivity contribution in [1.29, 1.82) is 0 Å². The number of rotatable bonds is 3. The predicted octanol–water partition coefficient (Wildman–Crippen LogP) is 3.63. The molecule has 4 nitrogen and oxygen atoms in total. The van der Waals surface area contributed by atoms with E-state index in [2.05, 4.69) is 0 Å². The zero-order valence-electron chi connectivity index (χ0n) is 9.93. The van der Waals surface area contributed by atoms with Gasteiger partial charge in [0.05, 0.1) is 0 Å². The fraction of sp³-hybridized carbons (Fsp3) is 0. The van der Waals surface area contributed by atoms with E-state index < -0.39 is 17.5 Å². The Bertz CT molecular complexity index is 690. The van der Waals surface area contributed by atoms with Crippen molar-refractivity contribution >= 4 is 35.0 Å². The van der Waals surface area contributed by atoms with E-state index in [-0.39, 0.29) is 16.7 Å². The Kier molecular flexibility index (Phi) is 3.97. The minimum absolute atomic E-state index is 0.124. The van der Waals surface area contributed by atoms with Crippen molar-refractivity contribution in [1.82, 2.24) is 0 Å². The number of benzene rings is 2. The Hall–Kier alpha value is -2.04. The van der Waals surface area contributed by atoms with Gasteiger partial charge < -0.3 is 10.2 Å². The highest BCUT2D eigenvalue weighted by molar-refractivity contribution is 6.35. The predicted molar refractivity (Wildman–Crippen MR) is 75.0 cm³/mol. The van der Waals surface area contributed by atoms with Crippen molar-refractivity contribution in [2.45, 2.75) is 0 Å². The number of carboxylic acids is 1. The van der Waals surface area contributed by atoms with Crippen molar-refractivity contribution in [2.24, 2.45) is 0 Å². The van der Waals surface area contributed by atoms with Gasteiger partial charge in [-0.1, -0.05) is 23.2 Å². The standard InChI is InChI=1S/C14H8Cl2O4/c15-9-3-8(4-10(16)6-9)13(18)7-1-2-12(17)11(5-7)14(19)20/h1-6,17H,(H,19,20). The zero-order chi connectivity index (χ0) is 14.9. The summed E-state index contributed by atoms with van der Waals surface area (Å²) in [7, 11) is 0. The lowest BCUT2D eigenvalue weighted by molar-refractivity contribution is 0.0693. The summed E-state index contributed by atoms with van der Waals surface area (Å²) in [4.78, 5) is 23.2. The van der Waals surface area contributed by atoms with Crippen molar-refractivity contribution < 1.29 is 19.8 Å². The maximum Gasteiger partial charge on any atom is 0.339 e. The van der Waals surface area contributed by atoms with Gasteiger partial charge in [0.25, 0.3) is 0 Å². The van der Waals surface area contributed by atoms with Gasteiger partial charge in [0.1, 0.15) is 11.3 Å². The molecule has 0 aliphatic rings. The van der Waals surface area contributed by atoms with Crippen LogP contribution in [0.4, 0.5) is 0 Å². The highest BCUT2D eigenvalue weighted by Crippen LogP contribution is 2.24. The monoisotopic (exact) mass is 310 g/mol. The van der Waals surface area contributed by atoms with Gasteiger partial charge in [0.2, 0.25) is 0 Å². The number of hydrogen-bond donors (Lipinski definition) is 2. The number of halogens is 2. The van der Waals surface area contributed by atoms with E-state index in [1.807, 2.05) is 0 Å². The summed E-state index contributed by atoms with van der Waals surface area (Å²) in [6, 6.07) is 7.95. The highest BCUT2D eigenvalue weighted by Gasteiger charge is 2.16. The Morgan fingerprint density at radius 1 is 0.900 bits per heavy atom. The molecule has 102 valence electrons. The van der Waals surface area contributed by atoms with Crippen LogP contribution in [-0.2, 0) is 0 Å². The fourth-order valence-corrected chi connectivity index (χ4v) is 2.23. The van der Waals surface area contributed by atoms with Crippen molar-refractivity contribution in [3.8, 4) is 5.75 Å². The van der Waals surface area contributed by atoms with E-state index >= 15 is 0 Å². The second kappa shape index (κ2) is 5.53. The lowest BCUT2D eigenvalue weighted by Gasteiger charge is -2.05. The third-order valence-corrected chi connectivity index (χ3v) is 3.05. The molecule has 0 amide bonds. The van der Waals surface area contributed by atoms with Crippen LogP contribution in [0.25, 0.3) is 0 Å². The minimum Gasteiger partial charge on any atom is -0.507 e. The van der Waals surface area contributed by atoms with E-state index in [4.69, 9.17) is 28.3 Å². The topological polar surface area (TPSA) is 74.6 Å². The largest absolute Gasteiger partial charge is 0.507 e. The first-order chi connectivity index (χ1) is 9.38. The van der Waals surface area contributed by atoms with Gasteiger partial charge in [0.15, 0.2) is 5.78 Å². The first-order valence-corrected chi connectivity index (χ1v) is 6.21. The second-order valence-corrected chi connectivity index (χ2v) is 4.90. The molecule has 2 aromatic rings. The maximum atomic E-state index is 12.2. The maximum absolute atomic E-state index is 12.2. The lowest BCUT2D eigenvalue weighted by Crippen LogP contribution is -2.04. The molecular weight excluding hydrogens is 303 g/mol. The molecular formula is C14H8Cl2O4. The van der Waals surface area contributed by atoms with Gasteiger partial charge in [-0.25, -0.2) is 4.79 Å². The molecule has 0 aliphatic heterocycles. The SMILES string of the molecule is O=C(c1cc(Cl)cc(Cl)c1)c1ccc(O)c(C(=O)O)c1. The summed E-state index contributed by atoms with van der Waals surface area (Å²) in [6.45, 7) is 0. The number of aromatic carboxylic acids is 1. The summed E-state index contributed by atoms with van der Waals surface area (Å²) in [5, 5.41) is 18.9. The van der Waals surface area contributed by atoms with Crippen LogP contribution in [0.3, 0.4) is 0 Å². The van der Waals surface area contributed by atoms with Gasteiger partial charge in [-0.3, -0.25) is 4.79 Å². The van der Waals surface area contributed by atoms with Crippen molar-refractivity contribution in [2.75, 3.05) is 0 Å². The van der Waals surface area contributed by atoms with Crippen LogP contribution >= 0.6 is 23.2 Å². The lowest BCUT2D eigenvalue weighted by atomic mass is 10.0. The molecule has 2 N–H and O–H groups in total. The number of hydrogen-bond acceptors (Lipinski definition) is 3. The molecule has 0 atom stereocenters. The van der Waals surface area contributed by atoms with Crippen LogP contribution in [0, 0.1) is 0 Å². The molecule has 0 aromatic heterocycles. The van der Waals surface area contributed by atoms with E-state index in [0.29, 0.717) is 10.0 Å². The van der Waals surface area contributed by atoms with Crippen LogP contribution in [-0.4, -0.2) is 22.0 Å². The third-order valence-electron chi connectivity index (χ3n) is 2.61. The Morgan fingerprint density at radius 2 is 1.50 bits per heavy atom. The average molecular weight is 311 g/mol. The Morgan fingerprint density at radius 3 is 2.05 bits per heavy atom. The molecule has 0 saturated carbocycles. The molecule has 0 heterocycles. The first-order valence-electron chi connectivity index (χ1n) is 5.45. The van der Waals surface area contributed by atoms with Crippen molar-refractivity contribution in [3.63, 3.8) is 0 Å². The summed E-state index contributed by atoms with van der Waals surface area (Å²) < 4.78 is 0. The van der Waals surface area contributed by atoms with Crippen LogP contribution < -0.4 is 0 Å². The summed E-state index contributed by atoms with van der Waals surface area (Å²) in [5.74, 6) is -2.16. The minimum atomic E-state index is -1.32. The number of carboxylic acid groups (broad SMARTS) is 1. The fourth-order valence-electron chi connectivity index (χ4n) is 1.70. The molecule has 0 fully saturated rings. The van der Waals surface area contributed by atoms with Gasteiger partial charge in [0, 0.05) is 21.2 Å². The summed E-state index contributed by atoms with van der Waals surface area (Å²) >= 11 is 11.6. The van der Waals surface area contributed by atoms with Crippen LogP contribution in [0.1, 0.15) is 26.3 Å². The first kappa shape index (κ1) is 14.4. The Labute approximate surface area is 124 Å². The van der Waals surface area contributed by atoms with E-state index in [1.54, 1.807) is 0 Å². The van der Waals surface area contributed by atoms with Crippen LogP contribution in [0.2, 0.25) is 10.0 Å². The number of phenols is 1. The molecule has 6 heteroatoms.